The molecule has 2 aliphatic rings. The third-order valence-electron chi connectivity index (χ3n) is 6.00. The Morgan fingerprint density at radius 2 is 2.08 bits per heavy atom. The van der Waals surface area contributed by atoms with Crippen LogP contribution in [0.2, 0.25) is 0 Å². The second-order valence-electron chi connectivity index (χ2n) is 7.68. The Morgan fingerprint density at radius 3 is 2.73 bits per heavy atom. The van der Waals surface area contributed by atoms with Crippen molar-refractivity contribution in [2.24, 2.45) is 16.8 Å². The molecule has 3 rings (SSSR count). The maximum Gasteiger partial charge on any atom is 0.193 e. The Morgan fingerprint density at radius 1 is 1.31 bits per heavy atom. The van der Waals surface area contributed by atoms with Crippen molar-refractivity contribution in [3.8, 4) is 0 Å². The van der Waals surface area contributed by atoms with E-state index in [0.29, 0.717) is 24.4 Å². The van der Waals surface area contributed by atoms with E-state index >= 15 is 0 Å². The predicted molar refractivity (Wildman–Crippen MR) is 116 cm³/mol. The Labute approximate surface area is 174 Å². The number of hydrogen-bond donors (Lipinski definition) is 2. The number of guanidine groups is 1. The van der Waals surface area contributed by atoms with E-state index in [1.807, 2.05) is 25.8 Å². The largest absolute Gasteiger partial charge is 0.391 e. The second kappa shape index (κ2) is 10.5. The fraction of sp³-hybridized carbons (Fsp3) is 0.789. The summed E-state index contributed by atoms with van der Waals surface area (Å²) in [7, 11) is 1.83. The molecule has 0 aromatic carbocycles. The smallest absolute Gasteiger partial charge is 0.193 e. The van der Waals surface area contributed by atoms with Crippen LogP contribution in [0.3, 0.4) is 0 Å². The molecule has 0 bridgehead atoms. The summed E-state index contributed by atoms with van der Waals surface area (Å²) in [5.41, 5.74) is 0. The van der Waals surface area contributed by atoms with Gasteiger partial charge in [0.25, 0.3) is 0 Å². The molecule has 0 amide bonds. The number of nitrogens with zero attached hydrogens (tertiary/aromatic N) is 4. The normalized spacial score (nSPS) is 26.3. The standard InChI is InChI=1S/C19H33N5O.HI/c1-15-8-10-23(13-17(15)24-11-9-21-14-24)19(20-2)22-12-18(25)16-6-4-3-5-7-16;/h9,11,14-18,25H,3-8,10,12-13H2,1-2H3,(H,20,22);1H. The molecule has 1 aromatic rings. The first kappa shape index (κ1) is 21.5. The third kappa shape index (κ3) is 5.34. The van der Waals surface area contributed by atoms with Gasteiger partial charge in [0.15, 0.2) is 5.96 Å². The number of aliphatic imine (C=N–C) groups is 1. The Kier molecular flexibility index (Phi) is 8.66. The number of halogens is 1. The van der Waals surface area contributed by atoms with E-state index in [2.05, 4.69) is 31.7 Å². The molecule has 2 N–H and O–H groups in total. The van der Waals surface area contributed by atoms with Gasteiger partial charge in [-0.3, -0.25) is 4.99 Å². The molecule has 1 saturated carbocycles. The number of nitrogens with one attached hydrogen (secondary N) is 1. The zero-order valence-electron chi connectivity index (χ0n) is 16.0. The molecule has 1 aliphatic heterocycles. The van der Waals surface area contributed by atoms with Crippen LogP contribution < -0.4 is 5.32 Å². The van der Waals surface area contributed by atoms with E-state index in [-0.39, 0.29) is 30.1 Å². The van der Waals surface area contributed by atoms with E-state index in [4.69, 9.17) is 0 Å². The number of imidazole rings is 1. The summed E-state index contributed by atoms with van der Waals surface area (Å²) in [4.78, 5) is 11.0. The van der Waals surface area contributed by atoms with Crippen molar-refractivity contribution in [2.75, 3.05) is 26.7 Å². The Bertz CT molecular complexity index is 544. The topological polar surface area (TPSA) is 65.7 Å². The van der Waals surface area contributed by atoms with Gasteiger partial charge in [0.1, 0.15) is 0 Å². The molecule has 1 aliphatic carbocycles. The first-order chi connectivity index (χ1) is 12.2. The average molecular weight is 475 g/mol. The Hall–Kier alpha value is -0.830. The zero-order valence-corrected chi connectivity index (χ0v) is 18.4. The quantitative estimate of drug-likeness (QED) is 0.400. The minimum Gasteiger partial charge on any atom is -0.391 e. The van der Waals surface area contributed by atoms with Gasteiger partial charge >= 0.3 is 0 Å². The van der Waals surface area contributed by atoms with Crippen LogP contribution >= 0.6 is 24.0 Å². The number of rotatable bonds is 4. The van der Waals surface area contributed by atoms with Gasteiger partial charge in [0.2, 0.25) is 0 Å². The fourth-order valence-corrected chi connectivity index (χ4v) is 4.31. The summed E-state index contributed by atoms with van der Waals surface area (Å²) in [6.07, 6.45) is 12.8. The van der Waals surface area contributed by atoms with E-state index in [0.717, 1.165) is 38.3 Å². The fourth-order valence-electron chi connectivity index (χ4n) is 4.31. The van der Waals surface area contributed by atoms with Crippen molar-refractivity contribution >= 4 is 29.9 Å². The van der Waals surface area contributed by atoms with Crippen molar-refractivity contribution in [1.29, 1.82) is 0 Å². The monoisotopic (exact) mass is 475 g/mol. The summed E-state index contributed by atoms with van der Waals surface area (Å²) < 4.78 is 2.21. The molecule has 7 heteroatoms. The lowest BCUT2D eigenvalue weighted by atomic mass is 9.85. The van der Waals surface area contributed by atoms with E-state index in [9.17, 15) is 5.11 Å². The molecule has 0 spiro atoms. The lowest BCUT2D eigenvalue weighted by molar-refractivity contribution is 0.0867. The molecule has 0 radical (unpaired) electrons. The van der Waals surface area contributed by atoms with E-state index in [1.165, 1.54) is 19.3 Å². The molecule has 1 saturated heterocycles. The van der Waals surface area contributed by atoms with E-state index in [1.54, 1.807) is 0 Å². The van der Waals surface area contributed by atoms with Crippen molar-refractivity contribution < 1.29 is 5.11 Å². The molecule has 2 fully saturated rings. The molecule has 148 valence electrons. The molecule has 1 aromatic heterocycles. The average Bonchev–Trinajstić information content (AvgIpc) is 3.18. The highest BCUT2D eigenvalue weighted by molar-refractivity contribution is 14.0. The molecule has 3 atom stereocenters. The number of hydrogen-bond acceptors (Lipinski definition) is 3. The maximum atomic E-state index is 10.5. The van der Waals surface area contributed by atoms with E-state index < -0.39 is 0 Å². The molecular weight excluding hydrogens is 441 g/mol. The number of aromatic nitrogens is 2. The molecule has 26 heavy (non-hydrogen) atoms. The first-order valence-corrected chi connectivity index (χ1v) is 9.80. The summed E-state index contributed by atoms with van der Waals surface area (Å²) in [6, 6.07) is 0.415. The van der Waals surface area contributed by atoms with Gasteiger partial charge in [0.05, 0.1) is 18.5 Å². The highest BCUT2D eigenvalue weighted by atomic mass is 127. The highest BCUT2D eigenvalue weighted by Crippen LogP contribution is 2.28. The van der Waals surface area contributed by atoms with Gasteiger partial charge < -0.3 is 19.9 Å². The second-order valence-corrected chi connectivity index (χ2v) is 7.68. The van der Waals surface area contributed by atoms with Crippen molar-refractivity contribution in [2.45, 2.75) is 57.6 Å². The number of aliphatic hydroxyl groups excluding tert-OH is 1. The van der Waals surface area contributed by atoms with Crippen LogP contribution in [-0.2, 0) is 0 Å². The lowest BCUT2D eigenvalue weighted by Crippen LogP contribution is -2.50. The summed E-state index contributed by atoms with van der Waals surface area (Å²) in [5.74, 6) is 1.97. The van der Waals surface area contributed by atoms with Crippen LogP contribution in [0.15, 0.2) is 23.7 Å². The van der Waals surface area contributed by atoms with Crippen LogP contribution in [0, 0.1) is 11.8 Å². The molecular formula is C19H34IN5O. The van der Waals surface area contributed by atoms with Crippen molar-refractivity contribution in [3.05, 3.63) is 18.7 Å². The van der Waals surface area contributed by atoms with Crippen LogP contribution in [0.1, 0.15) is 51.5 Å². The molecule has 3 unspecified atom stereocenters. The molecule has 6 nitrogen and oxygen atoms in total. The summed E-state index contributed by atoms with van der Waals surface area (Å²) >= 11 is 0. The van der Waals surface area contributed by atoms with Crippen LogP contribution in [0.4, 0.5) is 0 Å². The lowest BCUT2D eigenvalue weighted by Gasteiger charge is -2.39. The van der Waals surface area contributed by atoms with Crippen LogP contribution in [0.25, 0.3) is 0 Å². The summed E-state index contributed by atoms with van der Waals surface area (Å²) in [5, 5.41) is 13.9. The van der Waals surface area contributed by atoms with Gasteiger partial charge in [0, 0.05) is 39.1 Å². The van der Waals surface area contributed by atoms with Gasteiger partial charge in [-0.05, 0) is 31.1 Å². The summed E-state index contributed by atoms with van der Waals surface area (Å²) in [6.45, 7) is 4.84. The zero-order chi connectivity index (χ0) is 17.6. The predicted octanol–water partition coefficient (Wildman–Crippen LogP) is 2.90. The van der Waals surface area contributed by atoms with Gasteiger partial charge in [-0.25, -0.2) is 4.98 Å². The van der Waals surface area contributed by atoms with Gasteiger partial charge in [-0.15, -0.1) is 24.0 Å². The molecule has 2 heterocycles. The van der Waals surface area contributed by atoms with Gasteiger partial charge in [-0.2, -0.15) is 0 Å². The number of likely N-dealkylation sites (tertiary alicyclic amines) is 1. The van der Waals surface area contributed by atoms with Crippen molar-refractivity contribution in [3.63, 3.8) is 0 Å². The van der Waals surface area contributed by atoms with Crippen LogP contribution in [0.5, 0.6) is 0 Å². The minimum atomic E-state index is -0.273. The minimum absolute atomic E-state index is 0. The Balaban J connectivity index is 0.00000243. The SMILES string of the molecule is CN=C(NCC(O)C1CCCCC1)N1CCC(C)C(n2ccnc2)C1.I. The van der Waals surface area contributed by atoms with Crippen molar-refractivity contribution in [1.82, 2.24) is 19.8 Å². The number of aliphatic hydroxyl groups is 1. The highest BCUT2D eigenvalue weighted by Gasteiger charge is 2.29. The first-order valence-electron chi connectivity index (χ1n) is 9.80. The number of piperidine rings is 1. The van der Waals surface area contributed by atoms with Gasteiger partial charge in [-0.1, -0.05) is 26.2 Å². The van der Waals surface area contributed by atoms with Crippen LogP contribution in [-0.4, -0.2) is 58.3 Å². The third-order valence-corrected chi connectivity index (χ3v) is 6.00. The maximum absolute atomic E-state index is 10.5.